The summed E-state index contributed by atoms with van der Waals surface area (Å²) in [5.74, 6) is 1.19. The van der Waals surface area contributed by atoms with Crippen molar-refractivity contribution in [3.63, 3.8) is 0 Å². The van der Waals surface area contributed by atoms with Crippen molar-refractivity contribution in [1.29, 1.82) is 0 Å². The highest BCUT2D eigenvalue weighted by atomic mass is 35.5. The van der Waals surface area contributed by atoms with E-state index < -0.39 is 0 Å². The van der Waals surface area contributed by atoms with Crippen molar-refractivity contribution in [2.75, 3.05) is 25.6 Å². The Bertz CT molecular complexity index is 250. The van der Waals surface area contributed by atoms with Gasteiger partial charge < -0.3 is 9.64 Å². The van der Waals surface area contributed by atoms with E-state index in [9.17, 15) is 4.79 Å². The van der Waals surface area contributed by atoms with Crippen LogP contribution < -0.4 is 0 Å². The number of ether oxygens (including phenoxy) is 1. The molecular formula is C13H22ClNO2. The lowest BCUT2D eigenvalue weighted by Crippen LogP contribution is -2.48. The number of alkyl halides is 1. The Morgan fingerprint density at radius 2 is 1.94 bits per heavy atom. The number of nitrogens with zero attached hydrogens (tertiary/aromatic N) is 1. The van der Waals surface area contributed by atoms with Crippen LogP contribution in [0.3, 0.4) is 0 Å². The summed E-state index contributed by atoms with van der Waals surface area (Å²) >= 11 is 5.74. The summed E-state index contributed by atoms with van der Waals surface area (Å²) in [6.45, 7) is 2.32. The van der Waals surface area contributed by atoms with Crippen molar-refractivity contribution < 1.29 is 9.53 Å². The van der Waals surface area contributed by atoms with Crippen LogP contribution in [0.25, 0.3) is 0 Å². The number of amides is 1. The molecule has 17 heavy (non-hydrogen) atoms. The molecule has 1 saturated heterocycles. The number of hydrogen-bond acceptors (Lipinski definition) is 2. The van der Waals surface area contributed by atoms with Crippen LogP contribution in [-0.2, 0) is 9.53 Å². The molecule has 1 heterocycles. The molecule has 2 fully saturated rings. The van der Waals surface area contributed by atoms with Crippen molar-refractivity contribution in [3.05, 3.63) is 0 Å². The monoisotopic (exact) mass is 259 g/mol. The Labute approximate surface area is 108 Å². The minimum absolute atomic E-state index is 0.194. The lowest BCUT2D eigenvalue weighted by molar-refractivity contribution is -0.142. The second kappa shape index (κ2) is 6.60. The number of carbonyl (C=O) groups is 1. The van der Waals surface area contributed by atoms with E-state index in [0.29, 0.717) is 17.8 Å². The highest BCUT2D eigenvalue weighted by Crippen LogP contribution is 2.28. The highest BCUT2D eigenvalue weighted by Gasteiger charge is 2.33. The maximum absolute atomic E-state index is 12.5. The van der Waals surface area contributed by atoms with Gasteiger partial charge in [-0.3, -0.25) is 4.79 Å². The third-order valence-corrected chi connectivity index (χ3v) is 4.17. The molecule has 0 radical (unpaired) electrons. The summed E-state index contributed by atoms with van der Waals surface area (Å²) in [7, 11) is 0. The molecule has 0 N–H and O–H groups in total. The van der Waals surface area contributed by atoms with Crippen LogP contribution in [0.1, 0.15) is 38.5 Å². The Hall–Kier alpha value is -0.280. The van der Waals surface area contributed by atoms with Crippen LogP contribution >= 0.6 is 11.6 Å². The van der Waals surface area contributed by atoms with Crippen LogP contribution in [0.2, 0.25) is 0 Å². The van der Waals surface area contributed by atoms with Gasteiger partial charge in [0.05, 0.1) is 0 Å². The van der Waals surface area contributed by atoms with Crippen LogP contribution in [0.4, 0.5) is 0 Å². The number of halogens is 1. The molecule has 1 saturated carbocycles. The molecule has 2 aliphatic rings. The summed E-state index contributed by atoms with van der Waals surface area (Å²) < 4.78 is 5.32. The SMILES string of the molecule is O=C(C1CCOCC1)N(CCCCl)C1CCC1. The van der Waals surface area contributed by atoms with E-state index in [2.05, 4.69) is 4.90 Å². The highest BCUT2D eigenvalue weighted by molar-refractivity contribution is 6.17. The van der Waals surface area contributed by atoms with Crippen molar-refractivity contribution in [2.24, 2.45) is 5.92 Å². The van der Waals surface area contributed by atoms with Gasteiger partial charge in [-0.2, -0.15) is 0 Å². The van der Waals surface area contributed by atoms with Gasteiger partial charge in [-0.1, -0.05) is 0 Å². The molecule has 0 aromatic carbocycles. The van der Waals surface area contributed by atoms with Gasteiger partial charge in [-0.15, -0.1) is 11.6 Å². The predicted octanol–water partition coefficient (Wildman–Crippen LogP) is 2.42. The standard InChI is InChI=1S/C13H22ClNO2/c14-7-2-8-15(12-3-1-4-12)13(16)11-5-9-17-10-6-11/h11-12H,1-10H2. The summed E-state index contributed by atoms with van der Waals surface area (Å²) in [4.78, 5) is 14.6. The molecule has 0 unspecified atom stereocenters. The fraction of sp³-hybridized carbons (Fsp3) is 0.923. The first kappa shape index (κ1) is 13.2. The summed E-state index contributed by atoms with van der Waals surface area (Å²) in [6, 6.07) is 0.494. The maximum Gasteiger partial charge on any atom is 0.226 e. The average Bonchev–Trinajstić information content (AvgIpc) is 2.32. The molecule has 2 rings (SSSR count). The smallest absolute Gasteiger partial charge is 0.226 e. The summed E-state index contributed by atoms with van der Waals surface area (Å²) in [5, 5.41) is 0. The van der Waals surface area contributed by atoms with Gasteiger partial charge in [0.2, 0.25) is 5.91 Å². The summed E-state index contributed by atoms with van der Waals surface area (Å²) in [6.07, 6.45) is 6.32. The van der Waals surface area contributed by atoms with E-state index in [-0.39, 0.29) is 5.92 Å². The third-order valence-electron chi connectivity index (χ3n) is 3.90. The largest absolute Gasteiger partial charge is 0.381 e. The first-order valence-electron chi connectivity index (χ1n) is 6.77. The molecule has 1 aliphatic heterocycles. The molecule has 0 aromatic heterocycles. The molecular weight excluding hydrogens is 238 g/mol. The summed E-state index contributed by atoms with van der Waals surface area (Å²) in [5.41, 5.74) is 0. The van der Waals surface area contributed by atoms with Gasteiger partial charge in [-0.25, -0.2) is 0 Å². The first-order chi connectivity index (χ1) is 8.33. The van der Waals surface area contributed by atoms with E-state index in [1.165, 1.54) is 19.3 Å². The molecule has 1 aliphatic carbocycles. The molecule has 0 atom stereocenters. The van der Waals surface area contributed by atoms with E-state index in [1.54, 1.807) is 0 Å². The van der Waals surface area contributed by atoms with Gasteiger partial charge in [0.1, 0.15) is 0 Å². The molecule has 0 spiro atoms. The van der Waals surface area contributed by atoms with E-state index in [0.717, 1.165) is 39.0 Å². The van der Waals surface area contributed by atoms with E-state index in [1.807, 2.05) is 0 Å². The van der Waals surface area contributed by atoms with Crippen molar-refractivity contribution in [1.82, 2.24) is 4.90 Å². The zero-order valence-corrected chi connectivity index (χ0v) is 11.1. The first-order valence-corrected chi connectivity index (χ1v) is 7.30. The Morgan fingerprint density at radius 1 is 1.24 bits per heavy atom. The van der Waals surface area contributed by atoms with Gasteiger partial charge in [0.25, 0.3) is 0 Å². The van der Waals surface area contributed by atoms with Crippen molar-refractivity contribution in [3.8, 4) is 0 Å². The second-order valence-corrected chi connectivity index (χ2v) is 5.42. The number of rotatable bonds is 5. The van der Waals surface area contributed by atoms with Gasteiger partial charge in [-0.05, 0) is 38.5 Å². The predicted molar refractivity (Wildman–Crippen MR) is 68.2 cm³/mol. The van der Waals surface area contributed by atoms with Crippen LogP contribution in [-0.4, -0.2) is 42.5 Å². The molecule has 98 valence electrons. The van der Waals surface area contributed by atoms with Crippen LogP contribution in [0, 0.1) is 5.92 Å². The van der Waals surface area contributed by atoms with E-state index in [4.69, 9.17) is 16.3 Å². The van der Waals surface area contributed by atoms with Crippen molar-refractivity contribution >= 4 is 17.5 Å². The van der Waals surface area contributed by atoms with Crippen LogP contribution in [0.5, 0.6) is 0 Å². The third kappa shape index (κ3) is 3.35. The molecule has 0 aromatic rings. The maximum atomic E-state index is 12.5. The minimum Gasteiger partial charge on any atom is -0.381 e. The Kier molecular flexibility index (Phi) is 5.11. The average molecular weight is 260 g/mol. The van der Waals surface area contributed by atoms with Crippen LogP contribution in [0.15, 0.2) is 0 Å². The zero-order chi connectivity index (χ0) is 12.1. The fourth-order valence-electron chi connectivity index (χ4n) is 2.58. The fourth-order valence-corrected chi connectivity index (χ4v) is 2.70. The quantitative estimate of drug-likeness (QED) is 0.710. The molecule has 4 heteroatoms. The molecule has 0 bridgehead atoms. The Balaban J connectivity index is 1.90. The zero-order valence-electron chi connectivity index (χ0n) is 10.4. The normalized spacial score (nSPS) is 22.2. The number of hydrogen-bond donors (Lipinski definition) is 0. The number of carbonyl (C=O) groups excluding carboxylic acids is 1. The Morgan fingerprint density at radius 3 is 2.47 bits per heavy atom. The van der Waals surface area contributed by atoms with Gasteiger partial charge in [0, 0.05) is 37.6 Å². The lowest BCUT2D eigenvalue weighted by atomic mass is 9.89. The van der Waals surface area contributed by atoms with Crippen molar-refractivity contribution in [2.45, 2.75) is 44.6 Å². The lowest BCUT2D eigenvalue weighted by Gasteiger charge is -2.40. The topological polar surface area (TPSA) is 29.5 Å². The van der Waals surface area contributed by atoms with Gasteiger partial charge >= 0.3 is 0 Å². The van der Waals surface area contributed by atoms with Gasteiger partial charge in [0.15, 0.2) is 0 Å². The molecule has 3 nitrogen and oxygen atoms in total. The molecule has 1 amide bonds. The van der Waals surface area contributed by atoms with E-state index >= 15 is 0 Å². The minimum atomic E-state index is 0.194. The second-order valence-electron chi connectivity index (χ2n) is 5.05.